The van der Waals surface area contributed by atoms with Gasteiger partial charge in [-0.1, -0.05) is 12.1 Å². The Morgan fingerprint density at radius 3 is 2.77 bits per heavy atom. The third kappa shape index (κ3) is 3.37. The quantitative estimate of drug-likeness (QED) is 0.764. The molecular formula is C22H25N3O. The van der Waals surface area contributed by atoms with Crippen LogP contribution in [0, 0.1) is 0 Å². The normalized spacial score (nSPS) is 15.4. The van der Waals surface area contributed by atoms with Gasteiger partial charge in [-0.25, -0.2) is 0 Å². The highest BCUT2D eigenvalue weighted by Crippen LogP contribution is 2.45. The molecule has 4 nitrogen and oxygen atoms in total. The molecular weight excluding hydrogens is 322 g/mol. The second kappa shape index (κ2) is 6.96. The van der Waals surface area contributed by atoms with Crippen molar-refractivity contribution in [3.8, 4) is 16.9 Å². The Morgan fingerprint density at radius 2 is 1.96 bits per heavy atom. The molecule has 26 heavy (non-hydrogen) atoms. The van der Waals surface area contributed by atoms with Crippen LogP contribution >= 0.6 is 0 Å². The number of benzene rings is 1. The summed E-state index contributed by atoms with van der Waals surface area (Å²) in [5.41, 5.74) is 7.73. The molecule has 1 aliphatic heterocycles. The standard InChI is InChI=1S/C22H25N3O/c1-24(2)8-5-9-25-15-21(20-12-22(20)25)18-10-17(13-23-14-18)16-6-4-7-19(11-16)26-3/h4,6-7,10-14H,5,8-9,15H2,1-3H3. The highest BCUT2D eigenvalue weighted by atomic mass is 16.5. The van der Waals surface area contributed by atoms with Crippen LogP contribution in [-0.2, 0) is 0 Å². The Bertz CT molecular complexity index is 882. The van der Waals surface area contributed by atoms with Gasteiger partial charge < -0.3 is 14.5 Å². The maximum absolute atomic E-state index is 5.35. The Kier molecular flexibility index (Phi) is 4.51. The number of fused-ring (bicyclic) bond motifs is 1. The molecule has 4 heteroatoms. The number of methoxy groups -OCH3 is 1. The zero-order valence-electron chi connectivity index (χ0n) is 15.7. The molecule has 0 amide bonds. The largest absolute Gasteiger partial charge is 0.497 e. The molecule has 0 fully saturated rings. The van der Waals surface area contributed by atoms with E-state index >= 15 is 0 Å². The van der Waals surface area contributed by atoms with Crippen LogP contribution in [-0.4, -0.2) is 55.6 Å². The predicted molar refractivity (Wildman–Crippen MR) is 106 cm³/mol. The van der Waals surface area contributed by atoms with Crippen molar-refractivity contribution in [3.05, 3.63) is 65.6 Å². The lowest BCUT2D eigenvalue weighted by Crippen LogP contribution is -2.23. The molecule has 1 aromatic heterocycles. The number of allylic oxidation sites excluding steroid dienone is 2. The highest BCUT2D eigenvalue weighted by molar-refractivity contribution is 5.87. The van der Waals surface area contributed by atoms with E-state index in [1.54, 1.807) is 7.11 Å². The molecule has 4 rings (SSSR count). The summed E-state index contributed by atoms with van der Waals surface area (Å²) in [6.07, 6.45) is 7.40. The summed E-state index contributed by atoms with van der Waals surface area (Å²) in [4.78, 5) is 9.24. The molecule has 1 aliphatic carbocycles. The summed E-state index contributed by atoms with van der Waals surface area (Å²) in [5, 5.41) is 0. The van der Waals surface area contributed by atoms with Crippen molar-refractivity contribution in [1.82, 2.24) is 14.8 Å². The van der Waals surface area contributed by atoms with E-state index in [0.717, 1.165) is 36.5 Å². The van der Waals surface area contributed by atoms with Crippen LogP contribution < -0.4 is 4.74 Å². The second-order valence-corrected chi connectivity index (χ2v) is 7.19. The summed E-state index contributed by atoms with van der Waals surface area (Å²) in [6.45, 7) is 3.24. The van der Waals surface area contributed by atoms with Crippen molar-refractivity contribution in [1.29, 1.82) is 0 Å². The van der Waals surface area contributed by atoms with Crippen molar-refractivity contribution >= 4 is 5.57 Å². The first-order valence-corrected chi connectivity index (χ1v) is 9.10. The molecule has 2 aromatic rings. The van der Waals surface area contributed by atoms with E-state index in [0.29, 0.717) is 0 Å². The molecule has 0 N–H and O–H groups in total. The Hall–Kier alpha value is -2.59. The van der Waals surface area contributed by atoms with E-state index in [9.17, 15) is 0 Å². The summed E-state index contributed by atoms with van der Waals surface area (Å²) in [7, 11) is 5.96. The maximum Gasteiger partial charge on any atom is 0.119 e. The molecule has 0 saturated heterocycles. The molecule has 0 radical (unpaired) electrons. The third-order valence-electron chi connectivity index (χ3n) is 5.01. The van der Waals surface area contributed by atoms with Gasteiger partial charge in [-0.3, -0.25) is 4.98 Å². The SMILES string of the molecule is COc1cccc(-c2cncc(C3=C4C=C4N(CCCN(C)C)C3)c2)c1. The molecule has 0 bridgehead atoms. The van der Waals surface area contributed by atoms with Gasteiger partial charge in [-0.05, 0) is 68.0 Å². The minimum Gasteiger partial charge on any atom is -0.497 e. The van der Waals surface area contributed by atoms with Crippen molar-refractivity contribution in [2.24, 2.45) is 0 Å². The van der Waals surface area contributed by atoms with Crippen LogP contribution in [0.5, 0.6) is 5.75 Å². The number of aromatic nitrogens is 1. The third-order valence-corrected chi connectivity index (χ3v) is 5.01. The lowest BCUT2D eigenvalue weighted by Gasteiger charge is -2.20. The fourth-order valence-corrected chi connectivity index (χ4v) is 3.55. The average molecular weight is 347 g/mol. The monoisotopic (exact) mass is 347 g/mol. The first kappa shape index (κ1) is 16.9. The summed E-state index contributed by atoms with van der Waals surface area (Å²) in [5.74, 6) is 0.869. The highest BCUT2D eigenvalue weighted by Gasteiger charge is 2.34. The molecule has 0 spiro atoms. The molecule has 0 atom stereocenters. The van der Waals surface area contributed by atoms with Gasteiger partial charge in [-0.15, -0.1) is 0 Å². The van der Waals surface area contributed by atoms with Gasteiger partial charge in [0.25, 0.3) is 0 Å². The topological polar surface area (TPSA) is 28.6 Å². The Balaban J connectivity index is 1.51. The number of hydrogen-bond acceptors (Lipinski definition) is 4. The van der Waals surface area contributed by atoms with Gasteiger partial charge in [0.1, 0.15) is 5.75 Å². The molecule has 0 unspecified atom stereocenters. The molecule has 1 aromatic carbocycles. The van der Waals surface area contributed by atoms with E-state index in [2.05, 4.69) is 53.2 Å². The van der Waals surface area contributed by atoms with Gasteiger partial charge in [0.15, 0.2) is 0 Å². The second-order valence-electron chi connectivity index (χ2n) is 7.19. The summed E-state index contributed by atoms with van der Waals surface area (Å²) >= 11 is 0. The number of rotatable bonds is 7. The predicted octanol–water partition coefficient (Wildman–Crippen LogP) is 3.68. The maximum atomic E-state index is 5.35. The lowest BCUT2D eigenvalue weighted by molar-refractivity contribution is 0.344. The van der Waals surface area contributed by atoms with Crippen molar-refractivity contribution < 1.29 is 4.74 Å². The van der Waals surface area contributed by atoms with Crippen LogP contribution in [0.15, 0.2) is 60.1 Å². The zero-order valence-corrected chi connectivity index (χ0v) is 15.7. The van der Waals surface area contributed by atoms with Crippen LogP contribution in [0.3, 0.4) is 0 Å². The Morgan fingerprint density at radius 1 is 1.12 bits per heavy atom. The van der Waals surface area contributed by atoms with E-state index in [4.69, 9.17) is 4.74 Å². The van der Waals surface area contributed by atoms with E-state index < -0.39 is 0 Å². The lowest BCUT2D eigenvalue weighted by atomic mass is 10.0. The van der Waals surface area contributed by atoms with Crippen LogP contribution in [0.1, 0.15) is 12.0 Å². The van der Waals surface area contributed by atoms with Gasteiger partial charge in [0.2, 0.25) is 0 Å². The zero-order chi connectivity index (χ0) is 18.1. The average Bonchev–Trinajstić information content (AvgIpc) is 3.38. The number of ether oxygens (including phenoxy) is 1. The van der Waals surface area contributed by atoms with Crippen molar-refractivity contribution in [3.63, 3.8) is 0 Å². The number of nitrogens with zero attached hydrogens (tertiary/aromatic N) is 3. The molecule has 2 heterocycles. The fraction of sp³-hybridized carbons (Fsp3) is 0.318. The molecule has 0 saturated carbocycles. The van der Waals surface area contributed by atoms with Crippen molar-refractivity contribution in [2.75, 3.05) is 40.8 Å². The smallest absolute Gasteiger partial charge is 0.119 e. The number of pyridine rings is 1. The van der Waals surface area contributed by atoms with E-state index in [1.165, 1.54) is 28.8 Å². The summed E-state index contributed by atoms with van der Waals surface area (Å²) < 4.78 is 5.35. The number of hydrogen-bond donors (Lipinski definition) is 0. The summed E-state index contributed by atoms with van der Waals surface area (Å²) in [6, 6.07) is 10.4. The van der Waals surface area contributed by atoms with E-state index in [1.807, 2.05) is 24.5 Å². The van der Waals surface area contributed by atoms with Crippen LogP contribution in [0.25, 0.3) is 16.7 Å². The van der Waals surface area contributed by atoms with Gasteiger partial charge in [-0.2, -0.15) is 0 Å². The molecule has 2 aliphatic rings. The minimum atomic E-state index is 0.869. The van der Waals surface area contributed by atoms with Crippen LogP contribution in [0.2, 0.25) is 0 Å². The minimum absolute atomic E-state index is 0.869. The van der Waals surface area contributed by atoms with E-state index in [-0.39, 0.29) is 0 Å². The first-order chi connectivity index (χ1) is 12.7. The van der Waals surface area contributed by atoms with Crippen molar-refractivity contribution in [2.45, 2.75) is 6.42 Å². The van der Waals surface area contributed by atoms with Gasteiger partial charge >= 0.3 is 0 Å². The fourth-order valence-electron chi connectivity index (χ4n) is 3.55. The van der Waals surface area contributed by atoms with Gasteiger partial charge in [0, 0.05) is 42.3 Å². The van der Waals surface area contributed by atoms with Gasteiger partial charge in [0.05, 0.1) is 7.11 Å². The Labute approximate surface area is 155 Å². The molecule has 134 valence electrons. The van der Waals surface area contributed by atoms with Crippen LogP contribution in [0.4, 0.5) is 0 Å². The first-order valence-electron chi connectivity index (χ1n) is 9.10.